The monoisotopic (exact) mass is 524 g/mol. The molecule has 1 aliphatic rings. The zero-order chi connectivity index (χ0) is 24.3. The number of nitrogens with zero attached hydrogens (tertiary/aromatic N) is 4. The van der Waals surface area contributed by atoms with Crippen molar-refractivity contribution in [3.8, 4) is 0 Å². The van der Waals surface area contributed by atoms with Crippen molar-refractivity contribution in [3.63, 3.8) is 0 Å². The van der Waals surface area contributed by atoms with Gasteiger partial charge in [-0.1, -0.05) is 37.3 Å². The van der Waals surface area contributed by atoms with E-state index in [1.165, 1.54) is 33.0 Å². The Morgan fingerprint density at radius 2 is 2.00 bits per heavy atom. The molecule has 0 N–H and O–H groups in total. The van der Waals surface area contributed by atoms with Crippen LogP contribution in [0.4, 0.5) is 9.52 Å². The lowest BCUT2D eigenvalue weighted by Crippen LogP contribution is -2.48. The number of likely N-dealkylation sites (N-methyl/N-ethyl adjacent to an activating group) is 1. The first kappa shape index (κ1) is 25.2. The van der Waals surface area contributed by atoms with Gasteiger partial charge in [0.15, 0.2) is 5.13 Å². The summed E-state index contributed by atoms with van der Waals surface area (Å²) >= 11 is 2.47. The number of amides is 1. The zero-order valence-corrected chi connectivity index (χ0v) is 21.8. The van der Waals surface area contributed by atoms with Gasteiger partial charge in [-0.3, -0.25) is 9.69 Å². The third kappa shape index (κ3) is 5.18. The van der Waals surface area contributed by atoms with Crippen molar-refractivity contribution in [3.05, 3.63) is 41.5 Å². The predicted octanol–water partition coefficient (Wildman–Crippen LogP) is 4.27. The number of anilines is 1. The maximum atomic E-state index is 14.3. The molecule has 1 aliphatic heterocycles. The Bertz CT molecular complexity index is 1230. The van der Waals surface area contributed by atoms with E-state index in [1.807, 2.05) is 0 Å². The fourth-order valence-corrected chi connectivity index (χ4v) is 7.90. The van der Waals surface area contributed by atoms with Gasteiger partial charge in [0.25, 0.3) is 10.0 Å². The van der Waals surface area contributed by atoms with Crippen LogP contribution in [0.5, 0.6) is 0 Å². The van der Waals surface area contributed by atoms with Crippen molar-refractivity contribution >= 4 is 54.0 Å². The van der Waals surface area contributed by atoms with Gasteiger partial charge in [-0.25, -0.2) is 17.8 Å². The molecule has 0 spiro atoms. The Kier molecular flexibility index (Phi) is 7.98. The van der Waals surface area contributed by atoms with E-state index in [4.69, 9.17) is 0 Å². The zero-order valence-electron chi connectivity index (χ0n) is 19.3. The third-order valence-corrected chi connectivity index (χ3v) is 10.5. The van der Waals surface area contributed by atoms with E-state index in [2.05, 4.69) is 23.7 Å². The summed E-state index contributed by atoms with van der Waals surface area (Å²) in [5, 5.41) is 2.19. The number of carbonyl (C=O) groups excluding carboxylic acids is 1. The molecule has 3 heterocycles. The number of piperidine rings is 1. The van der Waals surface area contributed by atoms with E-state index in [9.17, 15) is 17.6 Å². The highest BCUT2D eigenvalue weighted by Crippen LogP contribution is 2.33. The summed E-state index contributed by atoms with van der Waals surface area (Å²) in [4.78, 5) is 22.1. The molecule has 1 atom stereocenters. The molecule has 1 fully saturated rings. The Labute approximate surface area is 207 Å². The van der Waals surface area contributed by atoms with Crippen molar-refractivity contribution in [2.75, 3.05) is 44.2 Å². The Hall–Kier alpha value is -1.92. The first-order chi connectivity index (χ1) is 16.3. The lowest BCUT2D eigenvalue weighted by Gasteiger charge is -2.34. The quantitative estimate of drug-likeness (QED) is 0.418. The summed E-state index contributed by atoms with van der Waals surface area (Å²) < 4.78 is 42.8. The number of thiazole rings is 1. The van der Waals surface area contributed by atoms with Crippen molar-refractivity contribution in [2.24, 2.45) is 5.92 Å². The number of fused-ring (bicyclic) bond motifs is 1. The van der Waals surface area contributed by atoms with E-state index in [-0.39, 0.29) is 18.0 Å². The average molecular weight is 525 g/mol. The van der Waals surface area contributed by atoms with Gasteiger partial charge in [-0.2, -0.15) is 4.31 Å². The molecule has 1 unspecified atom stereocenters. The van der Waals surface area contributed by atoms with Gasteiger partial charge in [0.1, 0.15) is 15.5 Å². The molecule has 184 valence electrons. The highest BCUT2D eigenvalue weighted by Gasteiger charge is 2.36. The van der Waals surface area contributed by atoms with Gasteiger partial charge in [-0.15, -0.1) is 11.3 Å². The molecule has 1 aromatic carbocycles. The van der Waals surface area contributed by atoms with Crippen LogP contribution in [0.3, 0.4) is 0 Å². The van der Waals surface area contributed by atoms with Crippen LogP contribution in [-0.4, -0.2) is 67.8 Å². The van der Waals surface area contributed by atoms with Crippen molar-refractivity contribution in [2.45, 2.75) is 30.9 Å². The van der Waals surface area contributed by atoms with Crippen LogP contribution in [0.15, 0.2) is 39.9 Å². The van der Waals surface area contributed by atoms with Crippen LogP contribution in [0, 0.1) is 11.7 Å². The number of hydrogen-bond donors (Lipinski definition) is 0. The van der Waals surface area contributed by atoms with Crippen molar-refractivity contribution < 1.29 is 17.6 Å². The number of sulfonamides is 1. The SMILES string of the molecule is CCN(CC)CCN(C(=O)C1CCCN(S(=O)(=O)c2cccs2)C1)c1nc2c(F)cccc2s1. The van der Waals surface area contributed by atoms with Gasteiger partial charge in [0.2, 0.25) is 5.91 Å². The summed E-state index contributed by atoms with van der Waals surface area (Å²) in [7, 11) is -3.62. The van der Waals surface area contributed by atoms with Crippen molar-refractivity contribution in [1.82, 2.24) is 14.2 Å². The Morgan fingerprint density at radius 1 is 1.21 bits per heavy atom. The van der Waals surface area contributed by atoms with E-state index >= 15 is 0 Å². The first-order valence-corrected chi connectivity index (χ1v) is 14.6. The maximum Gasteiger partial charge on any atom is 0.252 e. The fraction of sp³-hybridized carbons (Fsp3) is 0.478. The summed E-state index contributed by atoms with van der Waals surface area (Å²) in [5.41, 5.74) is 0.258. The van der Waals surface area contributed by atoms with E-state index < -0.39 is 21.8 Å². The van der Waals surface area contributed by atoms with Crippen LogP contribution in [0.2, 0.25) is 0 Å². The van der Waals surface area contributed by atoms with Crippen LogP contribution in [0.1, 0.15) is 26.7 Å². The number of thiophene rings is 1. The normalized spacial score (nSPS) is 17.5. The predicted molar refractivity (Wildman–Crippen MR) is 136 cm³/mol. The molecule has 0 bridgehead atoms. The summed E-state index contributed by atoms with van der Waals surface area (Å²) in [5.74, 6) is -1.04. The minimum atomic E-state index is -3.62. The number of para-hydroxylation sites is 1. The van der Waals surface area contributed by atoms with Crippen LogP contribution >= 0.6 is 22.7 Å². The second-order valence-electron chi connectivity index (χ2n) is 8.23. The molecule has 7 nitrogen and oxygen atoms in total. The number of benzene rings is 1. The smallest absolute Gasteiger partial charge is 0.252 e. The third-order valence-electron chi connectivity index (χ3n) is 6.21. The standard InChI is InChI=1S/C23H29FN4O3S3/c1-3-26(4-2)13-14-28(23-25-21-18(24)9-5-10-19(21)33-23)22(29)17-8-6-12-27(16-17)34(30,31)20-11-7-15-32-20/h5,7,9-11,15,17H,3-4,6,8,12-14,16H2,1-2H3. The summed E-state index contributed by atoms with van der Waals surface area (Å²) in [6.45, 7) is 7.44. The number of hydrogen-bond acceptors (Lipinski definition) is 7. The maximum absolute atomic E-state index is 14.3. The summed E-state index contributed by atoms with van der Waals surface area (Å²) in [6.07, 6.45) is 1.22. The summed E-state index contributed by atoms with van der Waals surface area (Å²) in [6, 6.07) is 8.10. The molecular weight excluding hydrogens is 495 g/mol. The van der Waals surface area contributed by atoms with Crippen LogP contribution in [0.25, 0.3) is 10.2 Å². The van der Waals surface area contributed by atoms with Crippen molar-refractivity contribution in [1.29, 1.82) is 0 Å². The van der Waals surface area contributed by atoms with E-state index in [0.717, 1.165) is 13.1 Å². The molecule has 34 heavy (non-hydrogen) atoms. The largest absolute Gasteiger partial charge is 0.302 e. The number of halogens is 1. The van der Waals surface area contributed by atoms with Gasteiger partial charge < -0.3 is 4.90 Å². The number of aromatic nitrogens is 1. The fourth-order valence-electron chi connectivity index (χ4n) is 4.22. The molecule has 0 radical (unpaired) electrons. The first-order valence-electron chi connectivity index (χ1n) is 11.5. The minimum absolute atomic E-state index is 0.139. The van der Waals surface area contributed by atoms with E-state index in [1.54, 1.807) is 34.5 Å². The molecule has 2 aromatic heterocycles. The van der Waals surface area contributed by atoms with Gasteiger partial charge in [-0.05, 0) is 49.5 Å². The van der Waals surface area contributed by atoms with Gasteiger partial charge in [0, 0.05) is 26.2 Å². The van der Waals surface area contributed by atoms with Crippen LogP contribution < -0.4 is 4.90 Å². The molecule has 11 heteroatoms. The number of carbonyl (C=O) groups is 1. The minimum Gasteiger partial charge on any atom is -0.302 e. The molecule has 0 saturated carbocycles. The Morgan fingerprint density at radius 3 is 2.68 bits per heavy atom. The molecule has 1 saturated heterocycles. The Balaban J connectivity index is 1.61. The second kappa shape index (κ2) is 10.8. The molecule has 3 aromatic rings. The number of rotatable bonds is 9. The topological polar surface area (TPSA) is 73.8 Å². The van der Waals surface area contributed by atoms with Crippen LogP contribution in [-0.2, 0) is 14.8 Å². The highest BCUT2D eigenvalue weighted by molar-refractivity contribution is 7.91. The molecular formula is C23H29FN4O3S3. The lowest BCUT2D eigenvalue weighted by molar-refractivity contribution is -0.123. The van der Waals surface area contributed by atoms with Gasteiger partial charge in [0.05, 0.1) is 10.6 Å². The highest BCUT2D eigenvalue weighted by atomic mass is 32.2. The van der Waals surface area contributed by atoms with Gasteiger partial charge >= 0.3 is 0 Å². The molecule has 4 rings (SSSR count). The lowest BCUT2D eigenvalue weighted by atomic mass is 9.98. The molecule has 1 amide bonds. The van der Waals surface area contributed by atoms with E-state index in [0.29, 0.717) is 46.5 Å². The second-order valence-corrected chi connectivity index (χ2v) is 12.4. The average Bonchev–Trinajstić information content (AvgIpc) is 3.53. The molecule has 0 aliphatic carbocycles.